The monoisotopic (exact) mass is 301 g/mol. The van der Waals surface area contributed by atoms with Gasteiger partial charge in [-0.25, -0.2) is 9.37 Å². The third-order valence-corrected chi connectivity index (χ3v) is 4.06. The smallest absolute Gasteiger partial charge is 0.140 e. The quantitative estimate of drug-likeness (QED) is 0.853. The minimum Gasteiger partial charge on any atom is -0.389 e. The van der Waals surface area contributed by atoms with E-state index in [2.05, 4.69) is 10.3 Å². The highest BCUT2D eigenvalue weighted by Crippen LogP contribution is 2.28. The maximum atomic E-state index is 13.6. The molecular weight excluding hydrogens is 285 g/mol. The molecule has 3 N–H and O–H groups in total. The summed E-state index contributed by atoms with van der Waals surface area (Å²) in [5.74, 6) is 0.356. The third-order valence-electron chi connectivity index (χ3n) is 3.84. The van der Waals surface area contributed by atoms with Crippen molar-refractivity contribution >= 4 is 28.7 Å². The van der Waals surface area contributed by atoms with Crippen molar-refractivity contribution in [2.75, 3.05) is 5.32 Å². The molecule has 0 spiro atoms. The van der Waals surface area contributed by atoms with E-state index in [9.17, 15) is 4.39 Å². The Morgan fingerprint density at radius 1 is 1.38 bits per heavy atom. The maximum absolute atomic E-state index is 13.6. The van der Waals surface area contributed by atoms with E-state index < -0.39 is 0 Å². The zero-order chi connectivity index (χ0) is 15.0. The molecule has 0 saturated carbocycles. The zero-order valence-corrected chi connectivity index (χ0v) is 12.6. The standard InChI is InChI=1S/C16H16FN3S/c1-9-12(17)5-3-6-13(9)19-16-11(15(18)21)8-10-4-2-7-14(10)20-16/h3,5-6,8H,2,4,7H2,1H3,(H2,18,21)(H,19,20). The average molecular weight is 301 g/mol. The van der Waals surface area contributed by atoms with Crippen LogP contribution in [0.5, 0.6) is 0 Å². The molecule has 5 heteroatoms. The molecule has 1 aromatic heterocycles. The lowest BCUT2D eigenvalue weighted by Crippen LogP contribution is -2.14. The van der Waals surface area contributed by atoms with Gasteiger partial charge in [0.25, 0.3) is 0 Å². The first-order valence-electron chi connectivity index (χ1n) is 6.91. The van der Waals surface area contributed by atoms with Crippen molar-refractivity contribution in [2.24, 2.45) is 5.73 Å². The van der Waals surface area contributed by atoms with Gasteiger partial charge in [0.1, 0.15) is 16.6 Å². The fourth-order valence-electron chi connectivity index (χ4n) is 2.63. The molecule has 0 bridgehead atoms. The molecule has 1 aliphatic carbocycles. The molecule has 1 heterocycles. The molecule has 1 aliphatic rings. The Labute approximate surface area is 128 Å². The van der Waals surface area contributed by atoms with Crippen molar-refractivity contribution in [3.8, 4) is 0 Å². The van der Waals surface area contributed by atoms with Gasteiger partial charge in [0, 0.05) is 16.9 Å². The van der Waals surface area contributed by atoms with Crippen molar-refractivity contribution in [2.45, 2.75) is 26.2 Å². The number of thiocarbonyl (C=S) groups is 1. The highest BCUT2D eigenvalue weighted by molar-refractivity contribution is 7.80. The summed E-state index contributed by atoms with van der Waals surface area (Å²) in [6, 6.07) is 6.93. The van der Waals surface area contributed by atoms with Crippen LogP contribution in [0.3, 0.4) is 0 Å². The number of pyridine rings is 1. The number of anilines is 2. The summed E-state index contributed by atoms with van der Waals surface area (Å²) in [6.07, 6.45) is 3.07. The number of aromatic nitrogens is 1. The summed E-state index contributed by atoms with van der Waals surface area (Å²) in [5.41, 5.74) is 10.0. The van der Waals surface area contributed by atoms with Crippen LogP contribution in [0.25, 0.3) is 0 Å². The average Bonchev–Trinajstić information content (AvgIpc) is 2.90. The van der Waals surface area contributed by atoms with E-state index in [1.165, 1.54) is 11.6 Å². The summed E-state index contributed by atoms with van der Waals surface area (Å²) < 4.78 is 13.6. The fourth-order valence-corrected chi connectivity index (χ4v) is 2.78. The largest absolute Gasteiger partial charge is 0.389 e. The minimum atomic E-state index is -0.252. The normalized spacial score (nSPS) is 13.0. The Morgan fingerprint density at radius 3 is 2.95 bits per heavy atom. The van der Waals surface area contributed by atoms with Gasteiger partial charge in [0.05, 0.1) is 5.56 Å². The maximum Gasteiger partial charge on any atom is 0.140 e. The predicted molar refractivity (Wildman–Crippen MR) is 86.6 cm³/mol. The van der Waals surface area contributed by atoms with Gasteiger partial charge in [0.2, 0.25) is 0 Å². The Bertz CT molecular complexity index is 728. The third kappa shape index (κ3) is 2.61. The lowest BCUT2D eigenvalue weighted by molar-refractivity contribution is 0.619. The van der Waals surface area contributed by atoms with Gasteiger partial charge in [-0.3, -0.25) is 0 Å². The zero-order valence-electron chi connectivity index (χ0n) is 11.7. The fraction of sp³-hybridized carbons (Fsp3) is 0.250. The van der Waals surface area contributed by atoms with Gasteiger partial charge in [0.15, 0.2) is 0 Å². The number of rotatable bonds is 3. The highest BCUT2D eigenvalue weighted by atomic mass is 32.1. The predicted octanol–water partition coefficient (Wildman–Crippen LogP) is 3.40. The van der Waals surface area contributed by atoms with Crippen molar-refractivity contribution < 1.29 is 4.39 Å². The summed E-state index contributed by atoms with van der Waals surface area (Å²) in [7, 11) is 0. The molecular formula is C16H16FN3S. The molecule has 0 aliphatic heterocycles. The first-order chi connectivity index (χ1) is 10.1. The van der Waals surface area contributed by atoms with Gasteiger partial charge in [-0.2, -0.15) is 0 Å². The molecule has 108 valence electrons. The number of fused-ring (bicyclic) bond motifs is 1. The summed E-state index contributed by atoms with van der Waals surface area (Å²) >= 11 is 5.12. The summed E-state index contributed by atoms with van der Waals surface area (Å²) in [5, 5.41) is 3.17. The number of nitrogens with two attached hydrogens (primary N) is 1. The molecule has 2 aromatic rings. The van der Waals surface area contributed by atoms with Crippen LogP contribution >= 0.6 is 12.2 Å². The highest BCUT2D eigenvalue weighted by Gasteiger charge is 2.18. The first kappa shape index (κ1) is 13.9. The van der Waals surface area contributed by atoms with Crippen LogP contribution in [-0.2, 0) is 12.8 Å². The van der Waals surface area contributed by atoms with Crippen LogP contribution < -0.4 is 11.1 Å². The van der Waals surface area contributed by atoms with E-state index in [1.54, 1.807) is 13.0 Å². The molecule has 0 amide bonds. The molecule has 3 rings (SSSR count). The van der Waals surface area contributed by atoms with Crippen molar-refractivity contribution in [3.05, 3.63) is 52.5 Å². The number of nitrogens with zero attached hydrogens (tertiary/aromatic N) is 1. The van der Waals surface area contributed by atoms with Crippen LogP contribution in [0.15, 0.2) is 24.3 Å². The topological polar surface area (TPSA) is 50.9 Å². The molecule has 21 heavy (non-hydrogen) atoms. The van der Waals surface area contributed by atoms with Crippen LogP contribution in [0.2, 0.25) is 0 Å². The van der Waals surface area contributed by atoms with Gasteiger partial charge < -0.3 is 11.1 Å². The van der Waals surface area contributed by atoms with E-state index in [1.807, 2.05) is 12.1 Å². The molecule has 1 aromatic carbocycles. The van der Waals surface area contributed by atoms with Gasteiger partial charge in [-0.05, 0) is 49.9 Å². The van der Waals surface area contributed by atoms with E-state index >= 15 is 0 Å². The Hall–Kier alpha value is -2.01. The second kappa shape index (κ2) is 5.41. The molecule has 3 nitrogen and oxygen atoms in total. The van der Waals surface area contributed by atoms with Gasteiger partial charge in [-0.15, -0.1) is 0 Å². The molecule has 0 fully saturated rings. The number of aryl methyl sites for hydroxylation is 2. The van der Waals surface area contributed by atoms with Crippen molar-refractivity contribution in [1.82, 2.24) is 4.98 Å². The first-order valence-corrected chi connectivity index (χ1v) is 7.32. The van der Waals surface area contributed by atoms with E-state index in [4.69, 9.17) is 18.0 Å². The molecule has 0 atom stereocenters. The number of halogens is 1. The van der Waals surface area contributed by atoms with E-state index in [-0.39, 0.29) is 5.82 Å². The lowest BCUT2D eigenvalue weighted by Gasteiger charge is -2.14. The van der Waals surface area contributed by atoms with Crippen LogP contribution in [0, 0.1) is 12.7 Å². The Morgan fingerprint density at radius 2 is 2.19 bits per heavy atom. The number of hydrogen-bond donors (Lipinski definition) is 2. The second-order valence-corrected chi connectivity index (χ2v) is 5.69. The molecule has 0 unspecified atom stereocenters. The summed E-state index contributed by atoms with van der Waals surface area (Å²) in [4.78, 5) is 4.94. The number of nitrogens with one attached hydrogen (secondary N) is 1. The van der Waals surface area contributed by atoms with Gasteiger partial charge in [-0.1, -0.05) is 18.3 Å². The second-order valence-electron chi connectivity index (χ2n) is 5.25. The lowest BCUT2D eigenvalue weighted by atomic mass is 10.1. The van der Waals surface area contributed by atoms with Crippen LogP contribution in [0.4, 0.5) is 15.9 Å². The SMILES string of the molecule is Cc1c(F)cccc1Nc1nc2c(cc1C(N)=S)CCC2. The van der Waals surface area contributed by atoms with Crippen LogP contribution in [0.1, 0.15) is 28.8 Å². The van der Waals surface area contributed by atoms with E-state index in [0.29, 0.717) is 27.6 Å². The number of benzene rings is 1. The van der Waals surface area contributed by atoms with E-state index in [0.717, 1.165) is 25.0 Å². The molecule has 0 saturated heterocycles. The van der Waals surface area contributed by atoms with Crippen LogP contribution in [-0.4, -0.2) is 9.97 Å². The molecule has 0 radical (unpaired) electrons. The minimum absolute atomic E-state index is 0.252. The summed E-state index contributed by atoms with van der Waals surface area (Å²) in [6.45, 7) is 1.73. The Balaban J connectivity index is 2.05. The van der Waals surface area contributed by atoms with Crippen molar-refractivity contribution in [1.29, 1.82) is 0 Å². The van der Waals surface area contributed by atoms with Gasteiger partial charge >= 0.3 is 0 Å². The number of hydrogen-bond acceptors (Lipinski definition) is 3. The van der Waals surface area contributed by atoms with Crippen molar-refractivity contribution in [3.63, 3.8) is 0 Å². The Kier molecular flexibility index (Phi) is 3.59.